The number of allylic oxidation sites excluding steroid dienone is 2. The first-order valence-electron chi connectivity index (χ1n) is 5.40. The number of hydrogen-bond donors (Lipinski definition) is 0. The Hall–Kier alpha value is -0.590. The van der Waals surface area contributed by atoms with E-state index in [1.807, 2.05) is 0 Å². The second kappa shape index (κ2) is 3.28. The molecule has 1 fully saturated rings. The summed E-state index contributed by atoms with van der Waals surface area (Å²) in [7, 11) is 0. The van der Waals surface area contributed by atoms with Gasteiger partial charge in [-0.2, -0.15) is 0 Å². The molecule has 0 N–H and O–H groups in total. The van der Waals surface area contributed by atoms with Gasteiger partial charge in [-0.25, -0.2) is 0 Å². The first-order valence-corrected chi connectivity index (χ1v) is 5.40. The molecule has 0 aromatic carbocycles. The van der Waals surface area contributed by atoms with E-state index >= 15 is 0 Å². The first-order chi connectivity index (χ1) is 6.22. The molecule has 1 saturated carbocycles. The molecule has 72 valence electrons. The highest BCUT2D eigenvalue weighted by Gasteiger charge is 2.43. The van der Waals surface area contributed by atoms with Crippen molar-refractivity contribution in [2.45, 2.75) is 33.1 Å². The lowest BCUT2D eigenvalue weighted by atomic mass is 9.79. The van der Waals surface area contributed by atoms with Crippen LogP contribution in [0.3, 0.4) is 0 Å². The quantitative estimate of drug-likeness (QED) is 0.607. The second-order valence-corrected chi connectivity index (χ2v) is 4.59. The van der Waals surface area contributed by atoms with Crippen LogP contribution < -0.4 is 0 Å². The van der Waals surface area contributed by atoms with Gasteiger partial charge in [-0.3, -0.25) is 0 Å². The number of carbonyl (C=O) groups excluding carboxylic acids is 1. The molecule has 0 saturated heterocycles. The fourth-order valence-corrected chi connectivity index (χ4v) is 3.27. The van der Waals surface area contributed by atoms with Crippen molar-refractivity contribution >= 4 is 5.78 Å². The van der Waals surface area contributed by atoms with Crippen LogP contribution in [0, 0.1) is 23.7 Å². The maximum atomic E-state index is 11.1. The molecule has 1 heteroatoms. The van der Waals surface area contributed by atoms with E-state index < -0.39 is 0 Å². The summed E-state index contributed by atoms with van der Waals surface area (Å²) in [5.74, 6) is 3.33. The van der Waals surface area contributed by atoms with Crippen LogP contribution in [0.15, 0.2) is 12.2 Å². The highest BCUT2D eigenvalue weighted by atomic mass is 16.1. The van der Waals surface area contributed by atoms with E-state index in [9.17, 15) is 4.79 Å². The van der Waals surface area contributed by atoms with E-state index in [2.05, 4.69) is 19.1 Å². The van der Waals surface area contributed by atoms with Crippen LogP contribution in [0.1, 0.15) is 33.1 Å². The minimum atomic E-state index is 0.365. The largest absolute Gasteiger partial charge is 0.300 e. The SMILES string of the molecule is CCC1C2C=CC(C2)C1CC(C)=O. The Labute approximate surface area is 80.2 Å². The van der Waals surface area contributed by atoms with Gasteiger partial charge in [0, 0.05) is 6.42 Å². The maximum Gasteiger partial charge on any atom is 0.130 e. The van der Waals surface area contributed by atoms with Crippen molar-refractivity contribution in [1.82, 2.24) is 0 Å². The molecular formula is C12H18O. The lowest BCUT2D eigenvalue weighted by molar-refractivity contribution is -0.118. The molecule has 4 atom stereocenters. The molecule has 4 unspecified atom stereocenters. The zero-order valence-electron chi connectivity index (χ0n) is 8.49. The number of carbonyl (C=O) groups is 1. The summed E-state index contributed by atoms with van der Waals surface area (Å²) in [5.41, 5.74) is 0. The Morgan fingerprint density at radius 3 is 2.46 bits per heavy atom. The Kier molecular flexibility index (Phi) is 2.27. The molecule has 0 aliphatic heterocycles. The van der Waals surface area contributed by atoms with E-state index in [1.165, 1.54) is 12.8 Å². The van der Waals surface area contributed by atoms with Gasteiger partial charge in [-0.15, -0.1) is 0 Å². The van der Waals surface area contributed by atoms with Gasteiger partial charge in [0.15, 0.2) is 0 Å². The third-order valence-electron chi connectivity index (χ3n) is 3.79. The monoisotopic (exact) mass is 178 g/mol. The molecule has 0 aromatic rings. The summed E-state index contributed by atoms with van der Waals surface area (Å²) in [6, 6.07) is 0. The van der Waals surface area contributed by atoms with Gasteiger partial charge in [0.2, 0.25) is 0 Å². The summed E-state index contributed by atoms with van der Waals surface area (Å²) >= 11 is 0. The molecule has 2 rings (SSSR count). The van der Waals surface area contributed by atoms with Crippen LogP contribution in [-0.2, 0) is 4.79 Å². The van der Waals surface area contributed by atoms with Gasteiger partial charge in [0.25, 0.3) is 0 Å². The third-order valence-corrected chi connectivity index (χ3v) is 3.79. The molecule has 1 nitrogen and oxygen atoms in total. The van der Waals surface area contributed by atoms with Crippen LogP contribution in [0.5, 0.6) is 0 Å². The Morgan fingerprint density at radius 1 is 1.31 bits per heavy atom. The summed E-state index contributed by atoms with van der Waals surface area (Å²) in [5, 5.41) is 0. The minimum Gasteiger partial charge on any atom is -0.300 e. The minimum absolute atomic E-state index is 0.365. The predicted octanol–water partition coefficient (Wildman–Crippen LogP) is 2.81. The summed E-state index contributed by atoms with van der Waals surface area (Å²) in [4.78, 5) is 11.1. The zero-order chi connectivity index (χ0) is 9.42. The molecule has 0 radical (unpaired) electrons. The number of fused-ring (bicyclic) bond motifs is 2. The van der Waals surface area contributed by atoms with Crippen LogP contribution in [0.2, 0.25) is 0 Å². The summed E-state index contributed by atoms with van der Waals surface area (Å²) in [6.07, 6.45) is 8.07. The van der Waals surface area contributed by atoms with Gasteiger partial charge < -0.3 is 4.79 Å². The number of ketones is 1. The standard InChI is InChI=1S/C12H18O/c1-3-11-9-4-5-10(7-9)12(11)6-8(2)13/h4-5,9-12H,3,6-7H2,1-2H3. The smallest absolute Gasteiger partial charge is 0.130 e. The van der Waals surface area contributed by atoms with E-state index in [4.69, 9.17) is 0 Å². The molecule has 2 aliphatic rings. The highest BCUT2D eigenvalue weighted by molar-refractivity contribution is 5.75. The molecule has 2 aliphatic carbocycles. The summed E-state index contributed by atoms with van der Waals surface area (Å²) < 4.78 is 0. The van der Waals surface area contributed by atoms with Gasteiger partial charge in [-0.1, -0.05) is 25.5 Å². The molecule has 0 heterocycles. The van der Waals surface area contributed by atoms with E-state index in [-0.39, 0.29) is 0 Å². The number of Topliss-reactive ketones (excluding diaryl/α,β-unsaturated/α-hetero) is 1. The maximum absolute atomic E-state index is 11.1. The number of hydrogen-bond acceptors (Lipinski definition) is 1. The molecule has 0 spiro atoms. The van der Waals surface area contributed by atoms with Crippen LogP contribution in [-0.4, -0.2) is 5.78 Å². The van der Waals surface area contributed by atoms with E-state index in [1.54, 1.807) is 6.92 Å². The van der Waals surface area contributed by atoms with Gasteiger partial charge >= 0.3 is 0 Å². The Morgan fingerprint density at radius 2 is 1.92 bits per heavy atom. The lowest BCUT2D eigenvalue weighted by Crippen LogP contribution is -2.21. The normalized spacial score (nSPS) is 41.4. The van der Waals surface area contributed by atoms with Gasteiger partial charge in [-0.05, 0) is 37.0 Å². The van der Waals surface area contributed by atoms with Crippen molar-refractivity contribution in [2.75, 3.05) is 0 Å². The predicted molar refractivity (Wildman–Crippen MR) is 53.3 cm³/mol. The van der Waals surface area contributed by atoms with Crippen LogP contribution in [0.25, 0.3) is 0 Å². The Bertz CT molecular complexity index is 242. The number of rotatable bonds is 3. The molecule has 2 bridgehead atoms. The van der Waals surface area contributed by atoms with Crippen LogP contribution >= 0.6 is 0 Å². The van der Waals surface area contributed by atoms with Crippen molar-refractivity contribution in [3.05, 3.63) is 12.2 Å². The molecule has 0 aromatic heterocycles. The van der Waals surface area contributed by atoms with Crippen molar-refractivity contribution < 1.29 is 4.79 Å². The molecule has 0 amide bonds. The van der Waals surface area contributed by atoms with Gasteiger partial charge in [0.05, 0.1) is 0 Å². The average molecular weight is 178 g/mol. The fourth-order valence-electron chi connectivity index (χ4n) is 3.27. The topological polar surface area (TPSA) is 17.1 Å². The summed E-state index contributed by atoms with van der Waals surface area (Å²) in [6.45, 7) is 3.98. The van der Waals surface area contributed by atoms with E-state index in [0.29, 0.717) is 11.7 Å². The van der Waals surface area contributed by atoms with Crippen molar-refractivity contribution in [3.63, 3.8) is 0 Å². The van der Waals surface area contributed by atoms with Crippen LogP contribution in [0.4, 0.5) is 0 Å². The highest BCUT2D eigenvalue weighted by Crippen LogP contribution is 2.50. The molecular weight excluding hydrogens is 160 g/mol. The lowest BCUT2D eigenvalue weighted by Gasteiger charge is -2.26. The van der Waals surface area contributed by atoms with E-state index in [0.717, 1.165) is 24.2 Å². The first kappa shape index (κ1) is 8.98. The average Bonchev–Trinajstić information content (AvgIpc) is 2.62. The van der Waals surface area contributed by atoms with Crippen molar-refractivity contribution in [1.29, 1.82) is 0 Å². The molecule has 13 heavy (non-hydrogen) atoms. The fraction of sp³-hybridized carbons (Fsp3) is 0.750. The second-order valence-electron chi connectivity index (χ2n) is 4.59. The van der Waals surface area contributed by atoms with Crippen molar-refractivity contribution in [3.8, 4) is 0 Å². The van der Waals surface area contributed by atoms with Gasteiger partial charge in [0.1, 0.15) is 5.78 Å². The Balaban J connectivity index is 2.09. The third kappa shape index (κ3) is 1.45. The van der Waals surface area contributed by atoms with Crippen molar-refractivity contribution in [2.24, 2.45) is 23.7 Å². The zero-order valence-corrected chi connectivity index (χ0v) is 8.49.